The number of rotatable bonds is 7. The van der Waals surface area contributed by atoms with Gasteiger partial charge in [0.1, 0.15) is 17.9 Å². The molecule has 4 aromatic rings. The van der Waals surface area contributed by atoms with E-state index in [0.29, 0.717) is 29.2 Å². The monoisotopic (exact) mass is 385 g/mol. The summed E-state index contributed by atoms with van der Waals surface area (Å²) in [6.45, 7) is 0.489. The van der Waals surface area contributed by atoms with Gasteiger partial charge in [-0.05, 0) is 41.5 Å². The quantitative estimate of drug-likeness (QED) is 0.460. The number of hydrogen-bond donors (Lipinski definition) is 1. The number of carboxylic acids is 1. The maximum atomic E-state index is 11.3. The molecule has 0 saturated heterocycles. The Kier molecular flexibility index (Phi) is 5.38. The van der Waals surface area contributed by atoms with E-state index in [1.165, 1.54) is 0 Å². The Morgan fingerprint density at radius 3 is 2.41 bits per heavy atom. The lowest BCUT2D eigenvalue weighted by Crippen LogP contribution is -1.97. The van der Waals surface area contributed by atoms with E-state index >= 15 is 0 Å². The molecule has 0 fully saturated rings. The van der Waals surface area contributed by atoms with Crippen LogP contribution in [0.4, 0.5) is 0 Å². The molecule has 0 atom stereocenters. The van der Waals surface area contributed by atoms with Crippen LogP contribution in [-0.4, -0.2) is 16.1 Å². The molecule has 0 amide bonds. The molecule has 0 spiro atoms. The van der Waals surface area contributed by atoms with E-state index in [0.717, 1.165) is 16.9 Å². The summed E-state index contributed by atoms with van der Waals surface area (Å²) in [7, 11) is 0. The topological polar surface area (TPSA) is 72.6 Å². The number of aliphatic carboxylic acids is 1. The van der Waals surface area contributed by atoms with Crippen molar-refractivity contribution in [2.45, 2.75) is 13.0 Å². The van der Waals surface area contributed by atoms with E-state index in [4.69, 9.17) is 9.15 Å². The Bertz CT molecular complexity index is 1110. The molecule has 0 bridgehead atoms. The molecule has 0 unspecified atom stereocenters. The van der Waals surface area contributed by atoms with Gasteiger partial charge in [0.2, 0.25) is 5.89 Å². The number of para-hydroxylation sites is 2. The number of aromatic nitrogens is 1. The fourth-order valence-electron chi connectivity index (χ4n) is 2.96. The van der Waals surface area contributed by atoms with Crippen molar-refractivity contribution in [3.8, 4) is 5.75 Å². The van der Waals surface area contributed by atoms with Gasteiger partial charge in [-0.25, -0.2) is 4.98 Å². The standard InChI is InChI=1S/C24H19NO4/c26-23(27)15-19(24-25-21-8-4-5-9-22(21)29-24)14-17-10-12-20(13-11-17)28-16-18-6-2-1-3-7-18/h1-14H,15-16H2,(H,26,27). The average Bonchev–Trinajstić information content (AvgIpc) is 3.17. The number of carbonyl (C=O) groups is 1. The van der Waals surface area contributed by atoms with Crippen molar-refractivity contribution in [3.05, 3.63) is 95.9 Å². The second-order valence-electron chi connectivity index (χ2n) is 6.57. The van der Waals surface area contributed by atoms with Crippen molar-refractivity contribution in [1.29, 1.82) is 0 Å². The molecule has 1 heterocycles. The lowest BCUT2D eigenvalue weighted by Gasteiger charge is -2.07. The first-order valence-corrected chi connectivity index (χ1v) is 9.22. The Morgan fingerprint density at radius 1 is 0.966 bits per heavy atom. The predicted octanol–water partition coefficient (Wildman–Crippen LogP) is 5.42. The summed E-state index contributed by atoms with van der Waals surface area (Å²) in [4.78, 5) is 15.8. The van der Waals surface area contributed by atoms with E-state index in [2.05, 4.69) is 4.98 Å². The molecule has 0 aliphatic heterocycles. The molecule has 0 radical (unpaired) electrons. The molecule has 144 valence electrons. The van der Waals surface area contributed by atoms with Gasteiger partial charge in [-0.3, -0.25) is 4.79 Å². The van der Waals surface area contributed by atoms with E-state index in [9.17, 15) is 9.90 Å². The highest BCUT2D eigenvalue weighted by Gasteiger charge is 2.14. The van der Waals surface area contributed by atoms with Crippen LogP contribution in [0.15, 0.2) is 83.3 Å². The van der Waals surface area contributed by atoms with Gasteiger partial charge in [0.15, 0.2) is 5.58 Å². The van der Waals surface area contributed by atoms with Crippen LogP contribution in [-0.2, 0) is 11.4 Å². The maximum absolute atomic E-state index is 11.3. The van der Waals surface area contributed by atoms with Crippen LogP contribution in [0.25, 0.3) is 22.7 Å². The zero-order valence-corrected chi connectivity index (χ0v) is 15.6. The minimum absolute atomic E-state index is 0.181. The van der Waals surface area contributed by atoms with Crippen molar-refractivity contribution in [1.82, 2.24) is 4.98 Å². The third-order valence-corrected chi connectivity index (χ3v) is 4.38. The van der Waals surface area contributed by atoms with Crippen LogP contribution in [0.1, 0.15) is 23.4 Å². The van der Waals surface area contributed by atoms with E-state index in [1.54, 1.807) is 6.08 Å². The maximum Gasteiger partial charge on any atom is 0.308 e. The summed E-state index contributed by atoms with van der Waals surface area (Å²) in [6.07, 6.45) is 1.60. The number of fused-ring (bicyclic) bond motifs is 1. The van der Waals surface area contributed by atoms with Crippen LogP contribution >= 0.6 is 0 Å². The molecular weight excluding hydrogens is 366 g/mol. The number of oxazole rings is 1. The first kappa shape index (κ1) is 18.5. The molecule has 0 saturated carbocycles. The van der Waals surface area contributed by atoms with Crippen LogP contribution in [0.2, 0.25) is 0 Å². The fraction of sp³-hybridized carbons (Fsp3) is 0.0833. The minimum Gasteiger partial charge on any atom is -0.489 e. The first-order chi connectivity index (χ1) is 14.2. The van der Waals surface area contributed by atoms with E-state index in [-0.39, 0.29) is 6.42 Å². The van der Waals surface area contributed by atoms with Crippen molar-refractivity contribution >= 4 is 28.7 Å². The first-order valence-electron chi connectivity index (χ1n) is 9.22. The van der Waals surface area contributed by atoms with Gasteiger partial charge in [-0.2, -0.15) is 0 Å². The predicted molar refractivity (Wildman–Crippen MR) is 111 cm³/mol. The molecule has 5 nitrogen and oxygen atoms in total. The Hall–Kier alpha value is -3.86. The molecule has 0 aliphatic carbocycles. The fourth-order valence-corrected chi connectivity index (χ4v) is 2.96. The molecule has 29 heavy (non-hydrogen) atoms. The Labute approximate surface area is 167 Å². The van der Waals surface area contributed by atoms with Crippen molar-refractivity contribution < 1.29 is 19.1 Å². The zero-order valence-electron chi connectivity index (χ0n) is 15.6. The molecule has 3 aromatic carbocycles. The molecule has 0 aliphatic rings. The summed E-state index contributed by atoms with van der Waals surface area (Å²) in [5.41, 5.74) is 3.77. The summed E-state index contributed by atoms with van der Waals surface area (Å²) < 4.78 is 11.5. The van der Waals surface area contributed by atoms with E-state index < -0.39 is 5.97 Å². The van der Waals surface area contributed by atoms with E-state index in [1.807, 2.05) is 78.9 Å². The van der Waals surface area contributed by atoms with Crippen LogP contribution in [0.5, 0.6) is 5.75 Å². The second-order valence-corrected chi connectivity index (χ2v) is 6.57. The summed E-state index contributed by atoms with van der Waals surface area (Å²) >= 11 is 0. The summed E-state index contributed by atoms with van der Waals surface area (Å²) in [5, 5.41) is 9.29. The van der Waals surface area contributed by atoms with Crippen LogP contribution in [0, 0.1) is 0 Å². The zero-order chi connectivity index (χ0) is 20.1. The highest BCUT2D eigenvalue weighted by molar-refractivity contribution is 5.90. The van der Waals surface area contributed by atoms with Crippen LogP contribution < -0.4 is 4.74 Å². The minimum atomic E-state index is -0.943. The Morgan fingerprint density at radius 2 is 1.69 bits per heavy atom. The smallest absolute Gasteiger partial charge is 0.308 e. The normalized spacial score (nSPS) is 11.5. The van der Waals surface area contributed by atoms with Gasteiger partial charge in [-0.1, -0.05) is 54.6 Å². The summed E-state index contributed by atoms with van der Waals surface area (Å²) in [5.74, 6) is 0.118. The third kappa shape index (κ3) is 4.71. The van der Waals surface area contributed by atoms with Gasteiger partial charge in [0, 0.05) is 5.57 Å². The molecule has 4 rings (SSSR count). The van der Waals surface area contributed by atoms with Gasteiger partial charge in [0.05, 0.1) is 6.42 Å². The number of hydrogen-bond acceptors (Lipinski definition) is 4. The SMILES string of the molecule is O=C(O)CC(=Cc1ccc(OCc2ccccc2)cc1)c1nc2ccccc2o1. The van der Waals surface area contributed by atoms with Crippen molar-refractivity contribution in [2.24, 2.45) is 0 Å². The summed E-state index contributed by atoms with van der Waals surface area (Å²) in [6, 6.07) is 24.8. The number of carboxylic acid groups (broad SMARTS) is 1. The van der Waals surface area contributed by atoms with Gasteiger partial charge in [-0.15, -0.1) is 0 Å². The molecule has 1 N–H and O–H groups in total. The van der Waals surface area contributed by atoms with Gasteiger partial charge in [0.25, 0.3) is 0 Å². The largest absolute Gasteiger partial charge is 0.489 e. The third-order valence-electron chi connectivity index (χ3n) is 4.38. The molecule has 5 heteroatoms. The van der Waals surface area contributed by atoms with Gasteiger partial charge >= 0.3 is 5.97 Å². The second kappa shape index (κ2) is 8.44. The van der Waals surface area contributed by atoms with Gasteiger partial charge < -0.3 is 14.3 Å². The lowest BCUT2D eigenvalue weighted by atomic mass is 10.1. The average molecular weight is 385 g/mol. The van der Waals surface area contributed by atoms with Crippen molar-refractivity contribution in [2.75, 3.05) is 0 Å². The number of benzene rings is 3. The lowest BCUT2D eigenvalue weighted by molar-refractivity contribution is -0.135. The molecular formula is C24H19NO4. The number of nitrogens with zero attached hydrogens (tertiary/aromatic N) is 1. The molecule has 1 aromatic heterocycles. The highest BCUT2D eigenvalue weighted by atomic mass is 16.5. The van der Waals surface area contributed by atoms with Crippen molar-refractivity contribution in [3.63, 3.8) is 0 Å². The van der Waals surface area contributed by atoms with Crippen LogP contribution in [0.3, 0.4) is 0 Å². The number of ether oxygens (including phenoxy) is 1. The highest BCUT2D eigenvalue weighted by Crippen LogP contribution is 2.26. The Balaban J connectivity index is 1.54.